The van der Waals surface area contributed by atoms with Crippen LogP contribution in [-0.2, 0) is 10.5 Å². The van der Waals surface area contributed by atoms with Crippen molar-refractivity contribution in [3.8, 4) is 5.75 Å². The zero-order chi connectivity index (χ0) is 24.5. The number of aromatic nitrogens is 2. The van der Waals surface area contributed by atoms with Gasteiger partial charge in [-0.1, -0.05) is 30.8 Å². The number of amides is 2. The van der Waals surface area contributed by atoms with Gasteiger partial charge in [0, 0.05) is 34.7 Å². The van der Waals surface area contributed by atoms with Crippen LogP contribution in [0.3, 0.4) is 0 Å². The van der Waals surface area contributed by atoms with E-state index < -0.39 is 11.8 Å². The third kappa shape index (κ3) is 7.41. The third-order valence-corrected chi connectivity index (χ3v) is 5.65. The van der Waals surface area contributed by atoms with E-state index in [1.165, 1.54) is 11.8 Å². The van der Waals surface area contributed by atoms with E-state index in [4.69, 9.17) is 4.74 Å². The summed E-state index contributed by atoms with van der Waals surface area (Å²) in [6, 6.07) is 15.6. The summed E-state index contributed by atoms with van der Waals surface area (Å²) in [5.41, 5.74) is 8.57. The van der Waals surface area contributed by atoms with Gasteiger partial charge in [-0.15, -0.1) is 0 Å². The number of Topliss-reactive ketones (excluding diaryl/α,β-unsaturated/α-hetero) is 1. The number of hydrazine groups is 1. The topological polar surface area (TPSA) is 110 Å². The van der Waals surface area contributed by atoms with E-state index in [-0.39, 0.29) is 12.4 Å². The molecular formula is C25H26N4O4S. The number of aryl methyl sites for hydroxylation is 2. The average Bonchev–Trinajstić information content (AvgIpc) is 2.84. The van der Waals surface area contributed by atoms with Crippen LogP contribution in [0, 0.1) is 13.8 Å². The van der Waals surface area contributed by atoms with E-state index in [2.05, 4.69) is 20.8 Å². The first-order valence-electron chi connectivity index (χ1n) is 10.7. The minimum Gasteiger partial charge on any atom is -0.484 e. The quantitative estimate of drug-likeness (QED) is 0.208. The number of carbonyl (C=O) groups is 3. The van der Waals surface area contributed by atoms with Crippen LogP contribution in [0.1, 0.15) is 51.0 Å². The number of carbonyl (C=O) groups excluding carboxylic acids is 3. The van der Waals surface area contributed by atoms with Gasteiger partial charge in [-0.2, -0.15) is 0 Å². The van der Waals surface area contributed by atoms with E-state index >= 15 is 0 Å². The van der Waals surface area contributed by atoms with Gasteiger partial charge in [0.2, 0.25) is 0 Å². The van der Waals surface area contributed by atoms with Gasteiger partial charge in [-0.3, -0.25) is 25.2 Å². The SMILES string of the molecule is CCC(=O)c1ccc(OCC(=O)NNC(=O)c2ccc(CSc3nc(C)cc(C)n3)cc2)cc1. The lowest BCUT2D eigenvalue weighted by Crippen LogP contribution is -2.43. The van der Waals surface area contributed by atoms with Crippen molar-refractivity contribution in [2.75, 3.05) is 6.61 Å². The Morgan fingerprint density at radius 1 is 0.882 bits per heavy atom. The number of hydrogen-bond donors (Lipinski definition) is 2. The van der Waals surface area contributed by atoms with Gasteiger partial charge < -0.3 is 4.74 Å². The van der Waals surface area contributed by atoms with Crippen LogP contribution in [0.2, 0.25) is 0 Å². The molecule has 0 aliphatic rings. The van der Waals surface area contributed by atoms with Crippen LogP contribution in [0.5, 0.6) is 5.75 Å². The molecule has 2 amide bonds. The summed E-state index contributed by atoms with van der Waals surface area (Å²) < 4.78 is 5.38. The van der Waals surface area contributed by atoms with Crippen molar-refractivity contribution in [3.63, 3.8) is 0 Å². The van der Waals surface area contributed by atoms with Crippen molar-refractivity contribution in [2.45, 2.75) is 38.1 Å². The molecule has 0 aliphatic carbocycles. The zero-order valence-corrected chi connectivity index (χ0v) is 20.1. The first-order valence-corrected chi connectivity index (χ1v) is 11.7. The lowest BCUT2D eigenvalue weighted by molar-refractivity contribution is -0.123. The Labute approximate surface area is 202 Å². The van der Waals surface area contributed by atoms with Crippen LogP contribution in [0.15, 0.2) is 59.8 Å². The maximum absolute atomic E-state index is 12.3. The lowest BCUT2D eigenvalue weighted by atomic mass is 10.1. The van der Waals surface area contributed by atoms with Gasteiger partial charge in [0.05, 0.1) is 0 Å². The molecule has 3 rings (SSSR count). The first-order chi connectivity index (χ1) is 16.3. The molecule has 8 nitrogen and oxygen atoms in total. The summed E-state index contributed by atoms with van der Waals surface area (Å²) in [6.07, 6.45) is 0.423. The molecule has 0 saturated heterocycles. The highest BCUT2D eigenvalue weighted by Crippen LogP contribution is 2.20. The molecule has 34 heavy (non-hydrogen) atoms. The molecule has 3 aromatic rings. The highest BCUT2D eigenvalue weighted by atomic mass is 32.2. The van der Waals surface area contributed by atoms with Gasteiger partial charge in [-0.25, -0.2) is 9.97 Å². The predicted molar refractivity (Wildman–Crippen MR) is 130 cm³/mol. The highest BCUT2D eigenvalue weighted by Gasteiger charge is 2.09. The Bertz CT molecular complexity index is 1140. The second kappa shape index (κ2) is 11.9. The minimum absolute atomic E-state index is 0.0363. The largest absolute Gasteiger partial charge is 0.484 e. The summed E-state index contributed by atoms with van der Waals surface area (Å²) in [7, 11) is 0. The Hall–Kier alpha value is -3.72. The van der Waals surface area contributed by atoms with E-state index in [0.717, 1.165) is 22.1 Å². The minimum atomic E-state index is -0.511. The molecule has 1 aromatic heterocycles. The van der Waals surface area contributed by atoms with E-state index in [1.54, 1.807) is 43.3 Å². The summed E-state index contributed by atoms with van der Waals surface area (Å²) in [6.45, 7) is 5.38. The average molecular weight is 479 g/mol. The first kappa shape index (κ1) is 24.9. The fraction of sp³-hybridized carbons (Fsp3) is 0.240. The molecule has 0 atom stereocenters. The van der Waals surface area contributed by atoms with Gasteiger partial charge in [0.15, 0.2) is 17.5 Å². The standard InChI is InChI=1S/C25H26N4O4S/c1-4-22(30)19-9-11-21(12-10-19)33-14-23(31)28-29-24(32)20-7-5-18(6-8-20)15-34-25-26-16(2)13-17(3)27-25/h5-13H,4,14-15H2,1-3H3,(H,28,31)(H,29,32). The smallest absolute Gasteiger partial charge is 0.276 e. The maximum atomic E-state index is 12.3. The molecule has 176 valence electrons. The molecule has 0 saturated carbocycles. The van der Waals surface area contributed by atoms with Crippen LogP contribution in [0.4, 0.5) is 0 Å². The zero-order valence-electron chi connectivity index (χ0n) is 19.3. The fourth-order valence-corrected chi connectivity index (χ4v) is 3.89. The van der Waals surface area contributed by atoms with Crippen molar-refractivity contribution in [1.29, 1.82) is 0 Å². The molecule has 0 bridgehead atoms. The number of nitrogens with zero attached hydrogens (tertiary/aromatic N) is 2. The molecule has 9 heteroatoms. The van der Waals surface area contributed by atoms with Crippen LogP contribution in [-0.4, -0.2) is 34.2 Å². The van der Waals surface area contributed by atoms with Crippen molar-refractivity contribution in [2.24, 2.45) is 0 Å². The number of rotatable bonds is 9. The summed E-state index contributed by atoms with van der Waals surface area (Å²) in [5, 5.41) is 0.717. The molecule has 0 fully saturated rings. The van der Waals surface area contributed by atoms with Gasteiger partial charge in [0.25, 0.3) is 11.8 Å². The molecule has 2 aromatic carbocycles. The number of ether oxygens (including phenoxy) is 1. The molecule has 0 spiro atoms. The van der Waals surface area contributed by atoms with E-state index in [9.17, 15) is 14.4 Å². The fourth-order valence-electron chi connectivity index (χ4n) is 2.98. The molecular weight excluding hydrogens is 452 g/mol. The Morgan fingerprint density at radius 3 is 2.12 bits per heavy atom. The Balaban J connectivity index is 1.42. The van der Waals surface area contributed by atoms with Crippen molar-refractivity contribution in [1.82, 2.24) is 20.8 Å². The normalized spacial score (nSPS) is 10.4. The molecule has 0 radical (unpaired) electrons. The van der Waals surface area contributed by atoms with Crippen molar-refractivity contribution in [3.05, 3.63) is 82.7 Å². The van der Waals surface area contributed by atoms with Crippen molar-refractivity contribution < 1.29 is 19.1 Å². The summed E-state index contributed by atoms with van der Waals surface area (Å²) in [4.78, 5) is 44.7. The lowest BCUT2D eigenvalue weighted by Gasteiger charge is -2.09. The monoisotopic (exact) mass is 478 g/mol. The van der Waals surface area contributed by atoms with Gasteiger partial charge in [-0.05, 0) is 61.9 Å². The Kier molecular flexibility index (Phi) is 8.75. The molecule has 0 aliphatic heterocycles. The molecule has 1 heterocycles. The number of thioether (sulfide) groups is 1. The number of ketones is 1. The number of benzene rings is 2. The second-order valence-corrected chi connectivity index (χ2v) is 8.45. The van der Waals surface area contributed by atoms with Crippen molar-refractivity contribution >= 4 is 29.4 Å². The molecule has 0 unspecified atom stereocenters. The third-order valence-electron chi connectivity index (χ3n) is 4.73. The van der Waals surface area contributed by atoms with E-state index in [1.807, 2.05) is 32.0 Å². The van der Waals surface area contributed by atoms with Crippen LogP contribution < -0.4 is 15.6 Å². The summed E-state index contributed by atoms with van der Waals surface area (Å²) in [5.74, 6) is 0.214. The summed E-state index contributed by atoms with van der Waals surface area (Å²) >= 11 is 1.53. The molecule has 2 N–H and O–H groups in total. The van der Waals surface area contributed by atoms with Gasteiger partial charge >= 0.3 is 0 Å². The number of hydrogen-bond acceptors (Lipinski definition) is 7. The Morgan fingerprint density at radius 2 is 1.50 bits per heavy atom. The van der Waals surface area contributed by atoms with E-state index in [0.29, 0.717) is 29.1 Å². The van der Waals surface area contributed by atoms with Gasteiger partial charge in [0.1, 0.15) is 5.75 Å². The predicted octanol–water partition coefficient (Wildman–Crippen LogP) is 3.82. The van der Waals surface area contributed by atoms with Crippen LogP contribution in [0.25, 0.3) is 0 Å². The second-order valence-electron chi connectivity index (χ2n) is 7.51. The highest BCUT2D eigenvalue weighted by molar-refractivity contribution is 7.98. The number of nitrogens with one attached hydrogen (secondary N) is 2. The van der Waals surface area contributed by atoms with Crippen LogP contribution >= 0.6 is 11.8 Å². The maximum Gasteiger partial charge on any atom is 0.276 e.